The molecule has 1 atom stereocenters. The van der Waals surface area contributed by atoms with E-state index < -0.39 is 18.2 Å². The fourth-order valence-electron chi connectivity index (χ4n) is 0.833. The molecule has 0 aromatic rings. The largest absolute Gasteiger partial charge is 0.481 e. The minimum absolute atomic E-state index is 0.0462. The van der Waals surface area contributed by atoms with Gasteiger partial charge in [-0.1, -0.05) is 0 Å². The monoisotopic (exact) mass is 219 g/mol. The average molecular weight is 219 g/mol. The van der Waals surface area contributed by atoms with Gasteiger partial charge in [-0.05, 0) is 13.3 Å². The van der Waals surface area contributed by atoms with Gasteiger partial charge in [0.25, 0.3) is 0 Å². The number of carbonyl (C=O) groups excluding carboxylic acids is 1. The molecule has 4 N–H and O–H groups in total. The molecule has 0 heterocycles. The topological polar surface area (TPSA) is 107 Å². The van der Waals surface area contributed by atoms with Crippen LogP contribution in [0.15, 0.2) is 0 Å². The van der Waals surface area contributed by atoms with Crippen LogP contribution in [0.5, 0.6) is 0 Å². The number of hydrogen-bond acceptors (Lipinski definition) is 4. The lowest BCUT2D eigenvalue weighted by Crippen LogP contribution is -2.43. The zero-order valence-electron chi connectivity index (χ0n) is 8.69. The van der Waals surface area contributed by atoms with Crippen LogP contribution in [0.1, 0.15) is 26.2 Å². The van der Waals surface area contributed by atoms with E-state index in [9.17, 15) is 14.7 Å². The van der Waals surface area contributed by atoms with E-state index in [1.54, 1.807) is 0 Å². The Kier molecular flexibility index (Phi) is 5.88. The molecule has 0 aliphatic rings. The Morgan fingerprint density at radius 2 is 1.93 bits per heavy atom. The molecule has 0 saturated heterocycles. The van der Waals surface area contributed by atoms with Crippen molar-refractivity contribution in [3.63, 3.8) is 0 Å². The molecule has 0 aliphatic heterocycles. The Bertz CT molecular complexity index is 227. The second-order valence-electron chi connectivity index (χ2n) is 3.68. The van der Waals surface area contributed by atoms with Gasteiger partial charge in [0.1, 0.15) is 5.60 Å². The highest BCUT2D eigenvalue weighted by Gasteiger charge is 2.19. The van der Waals surface area contributed by atoms with Crippen LogP contribution >= 0.6 is 0 Å². The Morgan fingerprint density at radius 1 is 1.33 bits per heavy atom. The summed E-state index contributed by atoms with van der Waals surface area (Å²) in [5.74, 6) is -1.27. The Balaban J connectivity index is 3.62. The Hall–Kier alpha value is -1.14. The molecular formula is C9H17NO5. The van der Waals surface area contributed by atoms with Gasteiger partial charge in [0, 0.05) is 19.4 Å². The first-order chi connectivity index (χ1) is 6.87. The second-order valence-corrected chi connectivity index (χ2v) is 3.68. The van der Waals surface area contributed by atoms with Gasteiger partial charge in [-0.25, -0.2) is 0 Å². The van der Waals surface area contributed by atoms with Crippen LogP contribution in [0.25, 0.3) is 0 Å². The second kappa shape index (κ2) is 6.36. The van der Waals surface area contributed by atoms with Gasteiger partial charge in [-0.15, -0.1) is 0 Å². The summed E-state index contributed by atoms with van der Waals surface area (Å²) in [5.41, 5.74) is -1.33. The van der Waals surface area contributed by atoms with Gasteiger partial charge >= 0.3 is 5.97 Å². The fraction of sp³-hybridized carbons (Fsp3) is 0.778. The summed E-state index contributed by atoms with van der Waals surface area (Å²) in [6.45, 7) is 0.905. The number of amides is 1. The molecule has 15 heavy (non-hydrogen) atoms. The predicted octanol–water partition coefficient (Wildman–Crippen LogP) is -0.899. The maximum atomic E-state index is 11.1. The van der Waals surface area contributed by atoms with E-state index in [0.29, 0.717) is 0 Å². The van der Waals surface area contributed by atoms with Crippen LogP contribution in [-0.4, -0.2) is 45.9 Å². The van der Waals surface area contributed by atoms with Crippen molar-refractivity contribution in [3.05, 3.63) is 0 Å². The van der Waals surface area contributed by atoms with E-state index in [4.69, 9.17) is 10.2 Å². The summed E-state index contributed by atoms with van der Waals surface area (Å²) in [6, 6.07) is 0. The molecule has 0 aliphatic carbocycles. The van der Waals surface area contributed by atoms with Gasteiger partial charge in [0.15, 0.2) is 0 Å². The molecule has 0 fully saturated rings. The molecule has 0 rings (SSSR count). The summed E-state index contributed by atoms with van der Waals surface area (Å²) in [5, 5.41) is 28.7. The lowest BCUT2D eigenvalue weighted by Gasteiger charge is -2.20. The van der Waals surface area contributed by atoms with Crippen molar-refractivity contribution in [1.29, 1.82) is 0 Å². The smallest absolute Gasteiger partial charge is 0.303 e. The molecule has 0 bridgehead atoms. The standard InChI is InChI=1S/C9H17NO5/c1-9(15,6-11)5-10-7(12)3-2-4-8(13)14/h11,15H,2-6H2,1H3,(H,10,12)(H,13,14). The molecule has 0 aromatic carbocycles. The van der Waals surface area contributed by atoms with Gasteiger partial charge in [0.2, 0.25) is 5.91 Å². The van der Waals surface area contributed by atoms with E-state index in [-0.39, 0.29) is 31.7 Å². The quantitative estimate of drug-likeness (QED) is 0.444. The molecule has 0 aromatic heterocycles. The predicted molar refractivity (Wildman–Crippen MR) is 52.2 cm³/mol. The summed E-state index contributed by atoms with van der Waals surface area (Å²) in [6.07, 6.45) is 0.319. The van der Waals surface area contributed by atoms with E-state index in [1.807, 2.05) is 0 Å². The van der Waals surface area contributed by atoms with E-state index in [1.165, 1.54) is 6.92 Å². The van der Waals surface area contributed by atoms with Crippen molar-refractivity contribution >= 4 is 11.9 Å². The van der Waals surface area contributed by atoms with E-state index >= 15 is 0 Å². The zero-order valence-corrected chi connectivity index (χ0v) is 8.69. The van der Waals surface area contributed by atoms with Crippen LogP contribution < -0.4 is 5.32 Å². The van der Waals surface area contributed by atoms with Crippen molar-refractivity contribution < 1.29 is 24.9 Å². The fourth-order valence-corrected chi connectivity index (χ4v) is 0.833. The molecule has 6 heteroatoms. The highest BCUT2D eigenvalue weighted by atomic mass is 16.4. The van der Waals surface area contributed by atoms with Gasteiger partial charge < -0.3 is 20.6 Å². The van der Waals surface area contributed by atoms with Crippen LogP contribution in [0.2, 0.25) is 0 Å². The summed E-state index contributed by atoms with van der Waals surface area (Å²) in [7, 11) is 0. The number of carboxylic acids is 1. The number of aliphatic hydroxyl groups is 2. The SMILES string of the molecule is CC(O)(CO)CNC(=O)CCCC(=O)O. The molecule has 6 nitrogen and oxygen atoms in total. The molecule has 1 amide bonds. The maximum absolute atomic E-state index is 11.1. The number of carbonyl (C=O) groups is 2. The van der Waals surface area contributed by atoms with Crippen molar-refractivity contribution in [1.82, 2.24) is 5.32 Å². The van der Waals surface area contributed by atoms with Crippen molar-refractivity contribution in [2.45, 2.75) is 31.8 Å². The highest BCUT2D eigenvalue weighted by molar-refractivity contribution is 5.76. The Morgan fingerprint density at radius 3 is 2.40 bits per heavy atom. The van der Waals surface area contributed by atoms with Crippen molar-refractivity contribution in [3.8, 4) is 0 Å². The first-order valence-electron chi connectivity index (χ1n) is 4.69. The maximum Gasteiger partial charge on any atom is 0.303 e. The lowest BCUT2D eigenvalue weighted by molar-refractivity contribution is -0.137. The van der Waals surface area contributed by atoms with Crippen LogP contribution in [-0.2, 0) is 9.59 Å². The number of aliphatic hydroxyl groups excluding tert-OH is 1. The minimum atomic E-state index is -1.33. The summed E-state index contributed by atoms with van der Waals surface area (Å²) in [4.78, 5) is 21.2. The average Bonchev–Trinajstić information content (AvgIpc) is 2.14. The third-order valence-electron chi connectivity index (χ3n) is 1.80. The van der Waals surface area contributed by atoms with E-state index in [2.05, 4.69) is 5.32 Å². The molecular weight excluding hydrogens is 202 g/mol. The molecule has 0 spiro atoms. The molecule has 1 unspecified atom stereocenters. The lowest BCUT2D eigenvalue weighted by atomic mass is 10.1. The summed E-state index contributed by atoms with van der Waals surface area (Å²) < 4.78 is 0. The van der Waals surface area contributed by atoms with Gasteiger partial charge in [-0.2, -0.15) is 0 Å². The van der Waals surface area contributed by atoms with Crippen molar-refractivity contribution in [2.75, 3.05) is 13.2 Å². The first-order valence-corrected chi connectivity index (χ1v) is 4.69. The van der Waals surface area contributed by atoms with E-state index in [0.717, 1.165) is 0 Å². The summed E-state index contributed by atoms with van der Waals surface area (Å²) >= 11 is 0. The van der Waals surface area contributed by atoms with Crippen LogP contribution in [0.4, 0.5) is 0 Å². The zero-order chi connectivity index (χ0) is 11.9. The van der Waals surface area contributed by atoms with Crippen molar-refractivity contribution in [2.24, 2.45) is 0 Å². The molecule has 0 radical (unpaired) electrons. The number of carboxylic acid groups (broad SMARTS) is 1. The highest BCUT2D eigenvalue weighted by Crippen LogP contribution is 2.00. The van der Waals surface area contributed by atoms with Gasteiger partial charge in [0.05, 0.1) is 6.61 Å². The number of rotatable bonds is 7. The molecule has 0 saturated carbocycles. The van der Waals surface area contributed by atoms with Crippen LogP contribution in [0.3, 0.4) is 0 Å². The first kappa shape index (κ1) is 13.9. The third-order valence-corrected chi connectivity index (χ3v) is 1.80. The number of nitrogens with one attached hydrogen (secondary N) is 1. The Labute approximate surface area is 87.9 Å². The molecule has 88 valence electrons. The number of aliphatic carboxylic acids is 1. The number of hydrogen-bond donors (Lipinski definition) is 4. The van der Waals surface area contributed by atoms with Crippen LogP contribution in [0, 0.1) is 0 Å². The minimum Gasteiger partial charge on any atom is -0.481 e. The third kappa shape index (κ3) is 7.90. The normalized spacial score (nSPS) is 14.3. The van der Waals surface area contributed by atoms with Gasteiger partial charge in [-0.3, -0.25) is 9.59 Å².